The van der Waals surface area contributed by atoms with Crippen LogP contribution in [0.3, 0.4) is 0 Å². The Morgan fingerprint density at radius 1 is 1.16 bits per heavy atom. The summed E-state index contributed by atoms with van der Waals surface area (Å²) in [5, 5.41) is 6.30. The molecule has 1 saturated heterocycles. The van der Waals surface area contributed by atoms with Gasteiger partial charge < -0.3 is 4.90 Å². The van der Waals surface area contributed by atoms with Gasteiger partial charge in [0, 0.05) is 0 Å². The van der Waals surface area contributed by atoms with E-state index >= 15 is 0 Å². The normalized spacial score (nSPS) is 21.8. The molecule has 0 radical (unpaired) electrons. The van der Waals surface area contributed by atoms with E-state index in [1.807, 2.05) is 30.3 Å². The Labute approximate surface area is 113 Å². The molecule has 0 N–H and O–H groups in total. The van der Waals surface area contributed by atoms with Gasteiger partial charge in [-0.1, -0.05) is 30.3 Å². The molecule has 2 heterocycles. The number of nitrogens with zero attached hydrogens (tertiary/aromatic N) is 3. The van der Waals surface area contributed by atoms with Crippen LogP contribution in [0.2, 0.25) is 0 Å². The molecule has 0 aromatic heterocycles. The highest BCUT2D eigenvalue weighted by molar-refractivity contribution is 6.13. The Morgan fingerprint density at radius 2 is 1.84 bits per heavy atom. The Hall–Kier alpha value is -1.68. The molecule has 0 atom stereocenters. The van der Waals surface area contributed by atoms with E-state index in [4.69, 9.17) is 0 Å². The van der Waals surface area contributed by atoms with Crippen LogP contribution < -0.4 is 0 Å². The molecular formula is C15H19N3O. The molecule has 1 aromatic carbocycles. The van der Waals surface area contributed by atoms with Crippen molar-refractivity contribution in [2.75, 3.05) is 20.1 Å². The van der Waals surface area contributed by atoms with Gasteiger partial charge in [-0.05, 0) is 38.5 Å². The zero-order valence-corrected chi connectivity index (χ0v) is 11.2. The van der Waals surface area contributed by atoms with Gasteiger partial charge in [0.15, 0.2) is 0 Å². The van der Waals surface area contributed by atoms with Crippen LogP contribution in [0.5, 0.6) is 0 Å². The summed E-state index contributed by atoms with van der Waals surface area (Å²) in [5.41, 5.74) is 1.97. The fraction of sp³-hybridized carbons (Fsp3) is 0.467. The molecule has 100 valence electrons. The van der Waals surface area contributed by atoms with Crippen LogP contribution in [0, 0.1) is 0 Å². The minimum absolute atomic E-state index is 0.147. The summed E-state index contributed by atoms with van der Waals surface area (Å²) in [4.78, 5) is 14.4. The average molecular weight is 257 g/mol. The molecule has 0 bridgehead atoms. The molecule has 0 aliphatic carbocycles. The van der Waals surface area contributed by atoms with Crippen molar-refractivity contribution >= 4 is 11.6 Å². The smallest absolute Gasteiger partial charge is 0.249 e. The monoisotopic (exact) mass is 257 g/mol. The summed E-state index contributed by atoms with van der Waals surface area (Å²) in [6.45, 7) is 2.09. The first-order chi connectivity index (χ1) is 9.24. The molecule has 4 nitrogen and oxygen atoms in total. The number of carbonyl (C=O) groups is 1. The lowest BCUT2D eigenvalue weighted by Gasteiger charge is -2.32. The number of hydrogen-bond acceptors (Lipinski definition) is 3. The fourth-order valence-corrected chi connectivity index (χ4v) is 2.76. The Balaban J connectivity index is 1.76. The van der Waals surface area contributed by atoms with Gasteiger partial charge in [0.1, 0.15) is 0 Å². The lowest BCUT2D eigenvalue weighted by molar-refractivity contribution is -0.131. The molecule has 1 amide bonds. The van der Waals surface area contributed by atoms with E-state index < -0.39 is 0 Å². The highest BCUT2D eigenvalue weighted by atomic mass is 16.2. The minimum atomic E-state index is 0.147. The number of hydrogen-bond donors (Lipinski definition) is 0. The number of rotatable bonds is 2. The molecule has 2 aliphatic heterocycles. The van der Waals surface area contributed by atoms with Gasteiger partial charge in [0.25, 0.3) is 0 Å². The molecule has 4 heteroatoms. The minimum Gasteiger partial charge on any atom is -0.306 e. The van der Waals surface area contributed by atoms with Crippen LogP contribution in [0.15, 0.2) is 35.4 Å². The molecule has 1 fully saturated rings. The van der Waals surface area contributed by atoms with E-state index in [0.29, 0.717) is 6.42 Å². The van der Waals surface area contributed by atoms with Crippen molar-refractivity contribution in [2.24, 2.45) is 5.10 Å². The summed E-state index contributed by atoms with van der Waals surface area (Å²) < 4.78 is 0. The van der Waals surface area contributed by atoms with Gasteiger partial charge in [-0.2, -0.15) is 5.10 Å². The molecule has 0 spiro atoms. The van der Waals surface area contributed by atoms with E-state index in [-0.39, 0.29) is 11.9 Å². The second-order valence-electron chi connectivity index (χ2n) is 5.36. The Kier molecular flexibility index (Phi) is 3.34. The lowest BCUT2D eigenvalue weighted by atomic mass is 10.0. The van der Waals surface area contributed by atoms with Crippen LogP contribution in [-0.4, -0.2) is 47.7 Å². The quantitative estimate of drug-likeness (QED) is 0.808. The Bertz CT molecular complexity index is 489. The first kappa shape index (κ1) is 12.4. The van der Waals surface area contributed by atoms with Gasteiger partial charge in [0.2, 0.25) is 5.91 Å². The van der Waals surface area contributed by atoms with Crippen molar-refractivity contribution in [1.29, 1.82) is 0 Å². The third kappa shape index (κ3) is 2.54. The maximum Gasteiger partial charge on any atom is 0.249 e. The van der Waals surface area contributed by atoms with Crippen molar-refractivity contribution < 1.29 is 4.79 Å². The van der Waals surface area contributed by atoms with Crippen molar-refractivity contribution in [1.82, 2.24) is 9.91 Å². The van der Waals surface area contributed by atoms with Crippen molar-refractivity contribution in [3.8, 4) is 0 Å². The van der Waals surface area contributed by atoms with Crippen molar-refractivity contribution in [3.63, 3.8) is 0 Å². The standard InChI is InChI=1S/C15H19N3O/c1-17-9-7-13(8-10-17)18-15(19)11-14(16-18)12-5-3-2-4-6-12/h2-6,13H,7-11H2,1H3. The van der Waals surface area contributed by atoms with E-state index in [0.717, 1.165) is 37.2 Å². The molecule has 2 aliphatic rings. The van der Waals surface area contributed by atoms with Crippen LogP contribution in [0.1, 0.15) is 24.8 Å². The number of benzene rings is 1. The number of carbonyl (C=O) groups excluding carboxylic acids is 1. The first-order valence-corrected chi connectivity index (χ1v) is 6.87. The topological polar surface area (TPSA) is 35.9 Å². The third-order valence-electron chi connectivity index (χ3n) is 3.94. The zero-order valence-electron chi connectivity index (χ0n) is 11.2. The second-order valence-corrected chi connectivity index (χ2v) is 5.36. The summed E-state index contributed by atoms with van der Waals surface area (Å²) in [7, 11) is 2.13. The third-order valence-corrected chi connectivity index (χ3v) is 3.94. The molecule has 0 saturated carbocycles. The van der Waals surface area contributed by atoms with Crippen LogP contribution >= 0.6 is 0 Å². The first-order valence-electron chi connectivity index (χ1n) is 6.87. The van der Waals surface area contributed by atoms with Gasteiger partial charge in [-0.3, -0.25) is 4.79 Å². The highest BCUT2D eigenvalue weighted by Crippen LogP contribution is 2.23. The van der Waals surface area contributed by atoms with Gasteiger partial charge in [-0.25, -0.2) is 5.01 Å². The van der Waals surface area contributed by atoms with Crippen molar-refractivity contribution in [3.05, 3.63) is 35.9 Å². The molecule has 0 unspecified atom stereocenters. The number of likely N-dealkylation sites (tertiary alicyclic amines) is 1. The molecule has 3 rings (SSSR count). The van der Waals surface area contributed by atoms with Gasteiger partial charge in [0.05, 0.1) is 18.2 Å². The average Bonchev–Trinajstić information content (AvgIpc) is 2.83. The fourth-order valence-electron chi connectivity index (χ4n) is 2.76. The predicted octanol–water partition coefficient (Wildman–Crippen LogP) is 1.72. The second kappa shape index (κ2) is 5.13. The predicted molar refractivity (Wildman–Crippen MR) is 75.0 cm³/mol. The largest absolute Gasteiger partial charge is 0.306 e. The number of piperidine rings is 1. The van der Waals surface area contributed by atoms with E-state index in [9.17, 15) is 4.79 Å². The Morgan fingerprint density at radius 3 is 2.53 bits per heavy atom. The molecule has 1 aromatic rings. The van der Waals surface area contributed by atoms with Gasteiger partial charge in [-0.15, -0.1) is 0 Å². The zero-order chi connectivity index (χ0) is 13.2. The van der Waals surface area contributed by atoms with E-state index in [1.54, 1.807) is 5.01 Å². The number of amides is 1. The van der Waals surface area contributed by atoms with Gasteiger partial charge >= 0.3 is 0 Å². The summed E-state index contributed by atoms with van der Waals surface area (Å²) in [5.74, 6) is 0.147. The lowest BCUT2D eigenvalue weighted by Crippen LogP contribution is -2.42. The maximum absolute atomic E-state index is 12.1. The molecular weight excluding hydrogens is 238 g/mol. The highest BCUT2D eigenvalue weighted by Gasteiger charge is 2.32. The summed E-state index contributed by atoms with van der Waals surface area (Å²) in [6, 6.07) is 10.3. The summed E-state index contributed by atoms with van der Waals surface area (Å²) in [6.07, 6.45) is 2.48. The summed E-state index contributed by atoms with van der Waals surface area (Å²) >= 11 is 0. The number of hydrazone groups is 1. The van der Waals surface area contributed by atoms with Crippen LogP contribution in [-0.2, 0) is 4.79 Å². The SMILES string of the molecule is CN1CCC(N2N=C(c3ccccc3)CC2=O)CC1. The molecule has 19 heavy (non-hydrogen) atoms. The van der Waals surface area contributed by atoms with E-state index in [1.165, 1.54) is 0 Å². The maximum atomic E-state index is 12.1. The van der Waals surface area contributed by atoms with Crippen molar-refractivity contribution in [2.45, 2.75) is 25.3 Å². The van der Waals surface area contributed by atoms with Crippen LogP contribution in [0.25, 0.3) is 0 Å². The van der Waals surface area contributed by atoms with E-state index in [2.05, 4.69) is 17.0 Å². The van der Waals surface area contributed by atoms with Crippen LogP contribution in [0.4, 0.5) is 0 Å².